The molecule has 8 nitrogen and oxygen atoms in total. The molecule has 0 aliphatic carbocycles. The van der Waals surface area contributed by atoms with E-state index in [4.69, 9.17) is 0 Å². The molecule has 0 spiro atoms. The van der Waals surface area contributed by atoms with Gasteiger partial charge in [0, 0.05) is 11.1 Å². The Labute approximate surface area is 232 Å². The van der Waals surface area contributed by atoms with Crippen molar-refractivity contribution in [3.05, 3.63) is 131 Å². The highest BCUT2D eigenvalue weighted by Gasteiger charge is 2.45. The number of aromatic nitrogens is 2. The lowest BCUT2D eigenvalue weighted by Crippen LogP contribution is -2.38. The number of benzene rings is 3. The first kappa shape index (κ1) is 26.6. The zero-order chi connectivity index (χ0) is 28.1. The molecule has 2 heterocycles. The van der Waals surface area contributed by atoms with Crippen LogP contribution in [0.2, 0.25) is 0 Å². The molecule has 5 rings (SSSR count). The van der Waals surface area contributed by atoms with E-state index >= 15 is 0 Å². The lowest BCUT2D eigenvalue weighted by Gasteiger charge is -2.23. The van der Waals surface area contributed by atoms with Crippen molar-refractivity contribution < 1.29 is 14.7 Å². The fourth-order valence-electron chi connectivity index (χ4n) is 5.16. The van der Waals surface area contributed by atoms with Gasteiger partial charge in [-0.3, -0.25) is 19.1 Å². The van der Waals surface area contributed by atoms with Crippen LogP contribution in [0.1, 0.15) is 42.8 Å². The van der Waals surface area contributed by atoms with Gasteiger partial charge in [-0.25, -0.2) is 9.78 Å². The molecule has 4 aromatic rings. The number of hydrogen-bond donors (Lipinski definition) is 2. The number of carbonyl (C=O) groups excluding carboxylic acids is 1. The summed E-state index contributed by atoms with van der Waals surface area (Å²) in [6.07, 6.45) is 4.95. The molecule has 2 amide bonds. The Hall–Kier alpha value is -4.98. The molecule has 202 valence electrons. The normalized spacial score (nSPS) is 17.9. The third kappa shape index (κ3) is 5.56. The zero-order valence-electron chi connectivity index (χ0n) is 22.1. The molecule has 1 aromatic heterocycles. The maximum absolute atomic E-state index is 14.0. The number of para-hydroxylation sites is 1. The number of carboxylic acid groups (broad SMARTS) is 1. The zero-order valence-corrected chi connectivity index (χ0v) is 22.1. The summed E-state index contributed by atoms with van der Waals surface area (Å²) < 4.78 is 1.38. The van der Waals surface area contributed by atoms with E-state index in [1.54, 1.807) is 24.3 Å². The van der Waals surface area contributed by atoms with Gasteiger partial charge in [0.2, 0.25) is 5.91 Å². The van der Waals surface area contributed by atoms with E-state index < -0.39 is 23.1 Å². The van der Waals surface area contributed by atoms with Crippen LogP contribution < -0.4 is 15.8 Å². The van der Waals surface area contributed by atoms with Gasteiger partial charge in [0.15, 0.2) is 0 Å². The van der Waals surface area contributed by atoms with Crippen LogP contribution in [0, 0.1) is 0 Å². The highest BCUT2D eigenvalue weighted by molar-refractivity contribution is 5.94. The molecular weight excluding hydrogens is 504 g/mol. The largest absolute Gasteiger partial charge is 0.465 e. The Morgan fingerprint density at radius 2 is 1.65 bits per heavy atom. The van der Waals surface area contributed by atoms with Crippen LogP contribution in [-0.2, 0) is 16.8 Å². The van der Waals surface area contributed by atoms with Crippen LogP contribution in [0.5, 0.6) is 0 Å². The number of nitrogens with zero attached hydrogens (tertiary/aromatic N) is 3. The van der Waals surface area contributed by atoms with Crippen molar-refractivity contribution in [1.29, 1.82) is 0 Å². The van der Waals surface area contributed by atoms with Crippen molar-refractivity contribution in [2.75, 3.05) is 10.2 Å². The number of allylic oxidation sites excluding steroid dienone is 1. The Morgan fingerprint density at radius 3 is 2.30 bits per heavy atom. The summed E-state index contributed by atoms with van der Waals surface area (Å²) >= 11 is 0. The highest BCUT2D eigenvalue weighted by Crippen LogP contribution is 2.42. The fraction of sp³-hybridized carbons (Fsp3) is 0.188. The Balaban J connectivity index is 1.53. The van der Waals surface area contributed by atoms with Gasteiger partial charge in [0.25, 0.3) is 5.56 Å². The smallest absolute Gasteiger partial charge is 0.412 e. The van der Waals surface area contributed by atoms with E-state index in [1.807, 2.05) is 85.8 Å². The Morgan fingerprint density at radius 1 is 1.02 bits per heavy atom. The van der Waals surface area contributed by atoms with Gasteiger partial charge < -0.3 is 10.4 Å². The van der Waals surface area contributed by atoms with Crippen molar-refractivity contribution in [1.82, 2.24) is 9.55 Å². The van der Waals surface area contributed by atoms with Crippen LogP contribution in [-0.4, -0.2) is 26.7 Å². The monoisotopic (exact) mass is 534 g/mol. The molecule has 2 atom stereocenters. The first-order chi connectivity index (χ1) is 19.4. The molecule has 2 N–H and O–H groups in total. The molecule has 0 bridgehead atoms. The predicted octanol–water partition coefficient (Wildman–Crippen LogP) is 5.87. The molecular formula is C32H30N4O4. The summed E-state index contributed by atoms with van der Waals surface area (Å²) in [5.41, 5.74) is 1.09. The van der Waals surface area contributed by atoms with Crippen molar-refractivity contribution in [3.8, 4) is 0 Å². The van der Waals surface area contributed by atoms with E-state index in [0.29, 0.717) is 24.4 Å². The van der Waals surface area contributed by atoms with E-state index in [-0.39, 0.29) is 18.1 Å². The summed E-state index contributed by atoms with van der Waals surface area (Å²) in [5, 5.41) is 12.9. The topological polar surface area (TPSA) is 105 Å². The minimum Gasteiger partial charge on any atom is -0.465 e. The average Bonchev–Trinajstić information content (AvgIpc) is 3.27. The number of carbonyl (C=O) groups is 2. The average molecular weight is 535 g/mol. The fourth-order valence-corrected chi connectivity index (χ4v) is 5.16. The molecule has 0 radical (unpaired) electrons. The first-order valence-corrected chi connectivity index (χ1v) is 13.1. The summed E-state index contributed by atoms with van der Waals surface area (Å²) in [6, 6.07) is 27.1. The van der Waals surface area contributed by atoms with Crippen LogP contribution >= 0.6 is 0 Å². The summed E-state index contributed by atoms with van der Waals surface area (Å²) in [4.78, 5) is 45.4. The number of nitrogens with one attached hydrogen (secondary N) is 1. The second-order valence-electron chi connectivity index (χ2n) is 10.1. The Kier molecular flexibility index (Phi) is 7.59. The molecule has 3 aromatic carbocycles. The summed E-state index contributed by atoms with van der Waals surface area (Å²) in [6.45, 7) is 1.96. The van der Waals surface area contributed by atoms with Crippen molar-refractivity contribution in [2.45, 2.75) is 37.8 Å². The van der Waals surface area contributed by atoms with Gasteiger partial charge in [-0.1, -0.05) is 97.9 Å². The van der Waals surface area contributed by atoms with Gasteiger partial charge in [-0.2, -0.15) is 0 Å². The molecule has 0 saturated carbocycles. The maximum atomic E-state index is 14.0. The number of rotatable bonds is 8. The van der Waals surface area contributed by atoms with E-state index in [1.165, 1.54) is 10.8 Å². The number of anilines is 2. The summed E-state index contributed by atoms with van der Waals surface area (Å²) in [5.74, 6) is 0.103. The third-order valence-electron chi connectivity index (χ3n) is 7.20. The summed E-state index contributed by atoms with van der Waals surface area (Å²) in [7, 11) is 0. The van der Waals surface area contributed by atoms with Crippen LogP contribution in [0.15, 0.2) is 108 Å². The van der Waals surface area contributed by atoms with Gasteiger partial charge in [-0.15, -0.1) is 0 Å². The molecule has 0 saturated heterocycles. The minimum absolute atomic E-state index is 0.0234. The molecule has 0 unspecified atom stereocenters. The molecule has 1 aliphatic heterocycles. The van der Waals surface area contributed by atoms with Gasteiger partial charge >= 0.3 is 6.09 Å². The van der Waals surface area contributed by atoms with Gasteiger partial charge in [0.05, 0.1) is 12.7 Å². The number of amides is 2. The standard InChI is InChI=1S/C32H30N4O4/c1-32(19-11-16-23-12-5-2-6-13-23)20-26(28(37)34-25-17-9-4-10-18-25)36-29(38)27(21-33-30(32)36)35(31(39)40)22-24-14-7-3-8-15-24/h2-18,21,26H,19-20,22H2,1H3,(H,34,37)(H,39,40)/t26-,32+/m0/s1. The second kappa shape index (κ2) is 11.4. The number of hydrogen-bond acceptors (Lipinski definition) is 4. The van der Waals surface area contributed by atoms with Crippen LogP contribution in [0.25, 0.3) is 6.08 Å². The molecule has 8 heteroatoms. The second-order valence-corrected chi connectivity index (χ2v) is 10.1. The SMILES string of the molecule is C[C@@]1(CC=Cc2ccccc2)C[C@@H](C(=O)Nc2ccccc2)n2c1ncc(N(Cc1ccccc1)C(=O)O)c2=O. The van der Waals surface area contributed by atoms with Gasteiger partial charge in [-0.05, 0) is 36.1 Å². The quantitative estimate of drug-likeness (QED) is 0.294. The third-order valence-corrected chi connectivity index (χ3v) is 7.20. The van der Waals surface area contributed by atoms with Crippen LogP contribution in [0.3, 0.4) is 0 Å². The Bertz CT molecular complexity index is 1590. The van der Waals surface area contributed by atoms with Gasteiger partial charge in [0.1, 0.15) is 17.6 Å². The van der Waals surface area contributed by atoms with E-state index in [9.17, 15) is 19.5 Å². The van der Waals surface area contributed by atoms with E-state index in [2.05, 4.69) is 10.3 Å². The molecule has 40 heavy (non-hydrogen) atoms. The molecule has 0 fully saturated rings. The molecule has 1 aliphatic rings. The van der Waals surface area contributed by atoms with Crippen molar-refractivity contribution >= 4 is 29.5 Å². The van der Waals surface area contributed by atoms with Crippen molar-refractivity contribution in [2.24, 2.45) is 0 Å². The van der Waals surface area contributed by atoms with Crippen molar-refractivity contribution in [3.63, 3.8) is 0 Å². The predicted molar refractivity (Wildman–Crippen MR) is 155 cm³/mol. The number of fused-ring (bicyclic) bond motifs is 1. The highest BCUT2D eigenvalue weighted by atomic mass is 16.4. The lowest BCUT2D eigenvalue weighted by atomic mass is 9.82. The maximum Gasteiger partial charge on any atom is 0.412 e. The van der Waals surface area contributed by atoms with E-state index in [0.717, 1.165) is 16.0 Å². The lowest BCUT2D eigenvalue weighted by molar-refractivity contribution is -0.119. The first-order valence-electron chi connectivity index (χ1n) is 13.1. The minimum atomic E-state index is -1.28. The van der Waals surface area contributed by atoms with Crippen LogP contribution in [0.4, 0.5) is 16.2 Å².